The second-order valence-corrected chi connectivity index (χ2v) is 3.90. The van der Waals surface area contributed by atoms with E-state index in [-0.39, 0.29) is 6.04 Å². The van der Waals surface area contributed by atoms with Crippen LogP contribution in [0.5, 0.6) is 0 Å². The van der Waals surface area contributed by atoms with E-state index >= 15 is 0 Å². The van der Waals surface area contributed by atoms with E-state index < -0.39 is 0 Å². The van der Waals surface area contributed by atoms with E-state index in [1.165, 1.54) is 5.56 Å². The quantitative estimate of drug-likeness (QED) is 0.816. The Bertz CT molecular complexity index is 459. The number of aryl methyl sites for hydroxylation is 1. The standard InChI is InChI=1S/C11H16N4/c1-3-10-13-11-7-9(6-8(2)12)4-5-15(11)14-10/h4-5,7-8H,3,6,12H2,1-2H3. The van der Waals surface area contributed by atoms with E-state index in [0.717, 1.165) is 24.3 Å². The highest BCUT2D eigenvalue weighted by Crippen LogP contribution is 2.07. The largest absolute Gasteiger partial charge is 0.328 e. The Morgan fingerprint density at radius 3 is 3.00 bits per heavy atom. The second-order valence-electron chi connectivity index (χ2n) is 3.90. The molecule has 2 aromatic heterocycles. The molecular weight excluding hydrogens is 188 g/mol. The molecule has 4 nitrogen and oxygen atoms in total. The summed E-state index contributed by atoms with van der Waals surface area (Å²) in [6.07, 6.45) is 3.69. The number of rotatable bonds is 3. The van der Waals surface area contributed by atoms with E-state index in [4.69, 9.17) is 5.73 Å². The van der Waals surface area contributed by atoms with Gasteiger partial charge in [-0.3, -0.25) is 0 Å². The molecule has 4 heteroatoms. The molecule has 1 unspecified atom stereocenters. The lowest BCUT2D eigenvalue weighted by atomic mass is 10.1. The zero-order chi connectivity index (χ0) is 10.8. The van der Waals surface area contributed by atoms with Gasteiger partial charge in [-0.2, -0.15) is 5.10 Å². The molecule has 0 amide bonds. The van der Waals surface area contributed by atoms with Crippen LogP contribution in [0.2, 0.25) is 0 Å². The molecule has 15 heavy (non-hydrogen) atoms. The lowest BCUT2D eigenvalue weighted by Gasteiger charge is -2.04. The first-order chi connectivity index (χ1) is 7.19. The summed E-state index contributed by atoms with van der Waals surface area (Å²) in [6, 6.07) is 4.28. The minimum Gasteiger partial charge on any atom is -0.328 e. The predicted octanol–water partition coefficient (Wildman–Crippen LogP) is 1.18. The maximum atomic E-state index is 5.76. The molecule has 0 saturated carbocycles. The van der Waals surface area contributed by atoms with Crippen LogP contribution in [0.3, 0.4) is 0 Å². The van der Waals surface area contributed by atoms with Crippen LogP contribution in [-0.4, -0.2) is 20.6 Å². The van der Waals surface area contributed by atoms with Gasteiger partial charge in [0.05, 0.1) is 0 Å². The summed E-state index contributed by atoms with van der Waals surface area (Å²) in [5.41, 5.74) is 7.88. The van der Waals surface area contributed by atoms with Gasteiger partial charge in [-0.1, -0.05) is 6.92 Å². The number of hydrogen-bond donors (Lipinski definition) is 1. The Labute approximate surface area is 89.1 Å². The number of fused-ring (bicyclic) bond motifs is 1. The highest BCUT2D eigenvalue weighted by Gasteiger charge is 2.03. The SMILES string of the molecule is CCc1nc2cc(CC(C)N)ccn2n1. The number of nitrogens with zero attached hydrogens (tertiary/aromatic N) is 3. The van der Waals surface area contributed by atoms with Crippen molar-refractivity contribution in [2.75, 3.05) is 0 Å². The Morgan fingerprint density at radius 2 is 2.33 bits per heavy atom. The Hall–Kier alpha value is -1.42. The normalized spacial score (nSPS) is 13.3. The maximum Gasteiger partial charge on any atom is 0.155 e. The number of pyridine rings is 1. The smallest absolute Gasteiger partial charge is 0.155 e. The molecule has 0 radical (unpaired) electrons. The molecule has 0 bridgehead atoms. The summed E-state index contributed by atoms with van der Waals surface area (Å²) >= 11 is 0. The Balaban J connectivity index is 2.37. The molecule has 0 aliphatic rings. The van der Waals surface area contributed by atoms with Crippen LogP contribution >= 0.6 is 0 Å². The van der Waals surface area contributed by atoms with Crippen LogP contribution in [0.15, 0.2) is 18.3 Å². The summed E-state index contributed by atoms with van der Waals surface area (Å²) in [5.74, 6) is 0.882. The topological polar surface area (TPSA) is 56.2 Å². The van der Waals surface area contributed by atoms with Gasteiger partial charge in [-0.05, 0) is 31.0 Å². The summed E-state index contributed by atoms with van der Waals surface area (Å²) < 4.78 is 1.81. The van der Waals surface area contributed by atoms with Crippen molar-refractivity contribution in [1.82, 2.24) is 14.6 Å². The van der Waals surface area contributed by atoms with Gasteiger partial charge in [0.15, 0.2) is 11.5 Å². The molecule has 1 atom stereocenters. The van der Waals surface area contributed by atoms with Crippen molar-refractivity contribution < 1.29 is 0 Å². The molecule has 2 N–H and O–H groups in total. The monoisotopic (exact) mass is 204 g/mol. The molecule has 0 aliphatic heterocycles. The van der Waals surface area contributed by atoms with E-state index in [1.54, 1.807) is 0 Å². The first kappa shape index (κ1) is 10.1. The number of aromatic nitrogens is 3. The third kappa shape index (κ3) is 2.15. The van der Waals surface area contributed by atoms with Crippen LogP contribution < -0.4 is 5.73 Å². The van der Waals surface area contributed by atoms with Gasteiger partial charge in [-0.25, -0.2) is 9.50 Å². The summed E-state index contributed by atoms with van der Waals surface area (Å²) in [5, 5.41) is 4.33. The first-order valence-electron chi connectivity index (χ1n) is 5.29. The van der Waals surface area contributed by atoms with Gasteiger partial charge in [0, 0.05) is 18.7 Å². The average molecular weight is 204 g/mol. The van der Waals surface area contributed by atoms with Crippen molar-refractivity contribution in [2.45, 2.75) is 32.7 Å². The maximum absolute atomic E-state index is 5.76. The third-order valence-corrected chi connectivity index (χ3v) is 2.32. The molecule has 0 aromatic carbocycles. The number of hydrogen-bond acceptors (Lipinski definition) is 3. The molecule has 2 aromatic rings. The second kappa shape index (κ2) is 3.98. The lowest BCUT2D eigenvalue weighted by Crippen LogP contribution is -2.17. The van der Waals surface area contributed by atoms with Gasteiger partial charge >= 0.3 is 0 Å². The Morgan fingerprint density at radius 1 is 1.53 bits per heavy atom. The zero-order valence-electron chi connectivity index (χ0n) is 9.14. The van der Waals surface area contributed by atoms with Gasteiger partial charge in [0.1, 0.15) is 0 Å². The van der Waals surface area contributed by atoms with Crippen molar-refractivity contribution in [3.8, 4) is 0 Å². The van der Waals surface area contributed by atoms with Crippen LogP contribution in [0.1, 0.15) is 25.2 Å². The minimum atomic E-state index is 0.181. The van der Waals surface area contributed by atoms with Crippen LogP contribution in [0.4, 0.5) is 0 Å². The average Bonchev–Trinajstić information content (AvgIpc) is 2.58. The Kier molecular flexibility index (Phi) is 2.68. The predicted molar refractivity (Wildman–Crippen MR) is 59.7 cm³/mol. The van der Waals surface area contributed by atoms with Gasteiger partial charge in [0.25, 0.3) is 0 Å². The highest BCUT2D eigenvalue weighted by molar-refractivity contribution is 5.40. The lowest BCUT2D eigenvalue weighted by molar-refractivity contribution is 0.736. The van der Waals surface area contributed by atoms with Crippen molar-refractivity contribution >= 4 is 5.65 Å². The highest BCUT2D eigenvalue weighted by atomic mass is 15.3. The van der Waals surface area contributed by atoms with Gasteiger partial charge < -0.3 is 5.73 Å². The minimum absolute atomic E-state index is 0.181. The van der Waals surface area contributed by atoms with Gasteiger partial charge in [-0.15, -0.1) is 0 Å². The van der Waals surface area contributed by atoms with Crippen LogP contribution in [0, 0.1) is 0 Å². The molecule has 0 aliphatic carbocycles. The molecule has 0 spiro atoms. The fourth-order valence-electron chi connectivity index (χ4n) is 1.62. The van der Waals surface area contributed by atoms with Crippen molar-refractivity contribution in [1.29, 1.82) is 0 Å². The molecule has 80 valence electrons. The van der Waals surface area contributed by atoms with E-state index in [2.05, 4.69) is 23.1 Å². The van der Waals surface area contributed by atoms with E-state index in [9.17, 15) is 0 Å². The fourth-order valence-corrected chi connectivity index (χ4v) is 1.62. The summed E-state index contributed by atoms with van der Waals surface area (Å²) in [4.78, 5) is 4.41. The molecule has 2 rings (SSSR count). The third-order valence-electron chi connectivity index (χ3n) is 2.32. The fraction of sp³-hybridized carbons (Fsp3) is 0.455. The van der Waals surface area contributed by atoms with Crippen molar-refractivity contribution in [3.05, 3.63) is 29.7 Å². The molecule has 2 heterocycles. The van der Waals surface area contributed by atoms with Crippen molar-refractivity contribution in [2.24, 2.45) is 5.73 Å². The van der Waals surface area contributed by atoms with Crippen LogP contribution in [0.25, 0.3) is 5.65 Å². The molecule has 0 fully saturated rings. The summed E-state index contributed by atoms with van der Waals surface area (Å²) in [7, 11) is 0. The van der Waals surface area contributed by atoms with Crippen LogP contribution in [-0.2, 0) is 12.8 Å². The van der Waals surface area contributed by atoms with Crippen molar-refractivity contribution in [3.63, 3.8) is 0 Å². The number of nitrogens with two attached hydrogens (primary N) is 1. The van der Waals surface area contributed by atoms with E-state index in [1.807, 2.05) is 23.7 Å². The first-order valence-corrected chi connectivity index (χ1v) is 5.29. The summed E-state index contributed by atoms with van der Waals surface area (Å²) in [6.45, 7) is 4.06. The zero-order valence-corrected chi connectivity index (χ0v) is 9.14. The molecular formula is C11H16N4. The molecule has 0 saturated heterocycles. The van der Waals surface area contributed by atoms with Gasteiger partial charge in [0.2, 0.25) is 0 Å². The van der Waals surface area contributed by atoms with E-state index in [0.29, 0.717) is 0 Å².